The summed E-state index contributed by atoms with van der Waals surface area (Å²) in [5.41, 5.74) is 2.53. The molecule has 0 aliphatic carbocycles. The first-order chi connectivity index (χ1) is 12.2. The van der Waals surface area contributed by atoms with Crippen molar-refractivity contribution in [1.29, 1.82) is 0 Å². The summed E-state index contributed by atoms with van der Waals surface area (Å²) in [6.07, 6.45) is 5.10. The highest BCUT2D eigenvalue weighted by Gasteiger charge is 2.09. The van der Waals surface area contributed by atoms with E-state index in [9.17, 15) is 0 Å². The van der Waals surface area contributed by atoms with Gasteiger partial charge in [0, 0.05) is 34.6 Å². The number of hydrogen-bond donors (Lipinski definition) is 0. The number of aromatic nitrogens is 3. The molecular formula is C19H11Cl2N3O. The fourth-order valence-corrected chi connectivity index (χ4v) is 2.79. The van der Waals surface area contributed by atoms with Gasteiger partial charge in [-0.15, -0.1) is 0 Å². The fraction of sp³-hybridized carbons (Fsp3) is 0. The number of ether oxygens (including phenoxy) is 1. The van der Waals surface area contributed by atoms with Crippen molar-refractivity contribution < 1.29 is 4.74 Å². The predicted octanol–water partition coefficient (Wildman–Crippen LogP) is 5.79. The van der Waals surface area contributed by atoms with E-state index in [1.165, 1.54) is 0 Å². The molecule has 0 radical (unpaired) electrons. The minimum Gasteiger partial charge on any atom is -0.422 e. The maximum atomic E-state index is 6.20. The summed E-state index contributed by atoms with van der Waals surface area (Å²) in [6, 6.07) is 15.0. The van der Waals surface area contributed by atoms with Crippen LogP contribution in [0.3, 0.4) is 0 Å². The lowest BCUT2D eigenvalue weighted by Crippen LogP contribution is -1.94. The Morgan fingerprint density at radius 1 is 0.760 bits per heavy atom. The summed E-state index contributed by atoms with van der Waals surface area (Å²) >= 11 is 12.1. The second-order valence-electron chi connectivity index (χ2n) is 5.31. The van der Waals surface area contributed by atoms with E-state index < -0.39 is 0 Å². The van der Waals surface area contributed by atoms with Gasteiger partial charge in [-0.2, -0.15) is 0 Å². The SMILES string of the molecule is Clc1ccc(-c2cnc(Oc3ccc(Cl)c4cccnc34)nc2)cc1. The third-order valence-electron chi connectivity index (χ3n) is 3.69. The van der Waals surface area contributed by atoms with Crippen molar-refractivity contribution in [3.63, 3.8) is 0 Å². The Morgan fingerprint density at radius 2 is 1.52 bits per heavy atom. The van der Waals surface area contributed by atoms with Crippen molar-refractivity contribution in [1.82, 2.24) is 15.0 Å². The predicted molar refractivity (Wildman–Crippen MR) is 99.3 cm³/mol. The van der Waals surface area contributed by atoms with Crippen LogP contribution < -0.4 is 4.74 Å². The van der Waals surface area contributed by atoms with E-state index >= 15 is 0 Å². The number of nitrogens with zero attached hydrogens (tertiary/aromatic N) is 3. The van der Waals surface area contributed by atoms with Gasteiger partial charge in [-0.3, -0.25) is 4.98 Å². The van der Waals surface area contributed by atoms with Gasteiger partial charge >= 0.3 is 6.01 Å². The molecule has 4 nitrogen and oxygen atoms in total. The Kier molecular flexibility index (Phi) is 4.22. The molecule has 2 heterocycles. The van der Waals surface area contributed by atoms with Crippen LogP contribution in [0.4, 0.5) is 0 Å². The zero-order valence-electron chi connectivity index (χ0n) is 12.9. The van der Waals surface area contributed by atoms with Gasteiger partial charge in [0.1, 0.15) is 5.52 Å². The van der Waals surface area contributed by atoms with E-state index in [-0.39, 0.29) is 6.01 Å². The van der Waals surface area contributed by atoms with Crippen LogP contribution in [0.15, 0.2) is 67.1 Å². The number of benzene rings is 2. The van der Waals surface area contributed by atoms with Crippen molar-refractivity contribution in [3.05, 3.63) is 77.2 Å². The minimum absolute atomic E-state index is 0.243. The molecule has 6 heteroatoms. The Labute approximate surface area is 154 Å². The number of pyridine rings is 1. The summed E-state index contributed by atoms with van der Waals surface area (Å²) in [4.78, 5) is 12.9. The van der Waals surface area contributed by atoms with Crippen LogP contribution in [-0.2, 0) is 0 Å². The van der Waals surface area contributed by atoms with Crippen LogP contribution in [0.25, 0.3) is 22.0 Å². The van der Waals surface area contributed by atoms with Crippen molar-refractivity contribution >= 4 is 34.1 Å². The summed E-state index contributed by atoms with van der Waals surface area (Å²) in [7, 11) is 0. The van der Waals surface area contributed by atoms with Gasteiger partial charge in [-0.05, 0) is 42.0 Å². The van der Waals surface area contributed by atoms with Crippen LogP contribution in [0.5, 0.6) is 11.8 Å². The van der Waals surface area contributed by atoms with E-state index in [2.05, 4.69) is 15.0 Å². The molecular weight excluding hydrogens is 357 g/mol. The number of halogens is 2. The van der Waals surface area contributed by atoms with Crippen LogP contribution in [0, 0.1) is 0 Å². The quantitative estimate of drug-likeness (QED) is 0.459. The second-order valence-corrected chi connectivity index (χ2v) is 6.15. The molecule has 0 saturated heterocycles. The molecule has 25 heavy (non-hydrogen) atoms. The molecule has 122 valence electrons. The van der Waals surface area contributed by atoms with Crippen LogP contribution in [-0.4, -0.2) is 15.0 Å². The molecule has 0 aliphatic heterocycles. The standard InChI is InChI=1S/C19H11Cl2N3O/c20-14-5-3-12(4-6-14)13-10-23-19(24-11-13)25-17-8-7-16(21)15-2-1-9-22-18(15)17/h1-11H. The molecule has 0 aliphatic rings. The first kappa shape index (κ1) is 15.8. The molecule has 0 unspecified atom stereocenters. The second kappa shape index (κ2) is 6.67. The zero-order valence-corrected chi connectivity index (χ0v) is 14.4. The monoisotopic (exact) mass is 367 g/mol. The van der Waals surface area contributed by atoms with Gasteiger partial charge in [0.05, 0.1) is 5.02 Å². The molecule has 0 N–H and O–H groups in total. The third-order valence-corrected chi connectivity index (χ3v) is 4.27. The molecule has 4 rings (SSSR count). The molecule has 2 aromatic carbocycles. The van der Waals surface area contributed by atoms with E-state index in [0.717, 1.165) is 16.5 Å². The molecule has 0 fully saturated rings. The maximum absolute atomic E-state index is 6.20. The molecule has 4 aromatic rings. The first-order valence-corrected chi connectivity index (χ1v) is 8.25. The highest BCUT2D eigenvalue weighted by atomic mass is 35.5. The molecule has 0 atom stereocenters. The first-order valence-electron chi connectivity index (χ1n) is 7.50. The summed E-state index contributed by atoms with van der Waals surface area (Å²) in [6.45, 7) is 0. The van der Waals surface area contributed by atoms with Gasteiger partial charge in [-0.1, -0.05) is 35.3 Å². The third kappa shape index (κ3) is 3.27. The average Bonchev–Trinajstić information content (AvgIpc) is 2.66. The van der Waals surface area contributed by atoms with E-state index in [0.29, 0.717) is 21.3 Å². The summed E-state index contributed by atoms with van der Waals surface area (Å²) < 4.78 is 5.79. The topological polar surface area (TPSA) is 47.9 Å². The smallest absolute Gasteiger partial charge is 0.321 e. The van der Waals surface area contributed by atoms with Gasteiger partial charge in [-0.25, -0.2) is 9.97 Å². The summed E-state index contributed by atoms with van der Waals surface area (Å²) in [5, 5.41) is 2.13. The molecule has 0 saturated carbocycles. The van der Waals surface area contributed by atoms with Crippen LogP contribution in [0.2, 0.25) is 10.0 Å². The number of hydrogen-bond acceptors (Lipinski definition) is 4. The lowest BCUT2D eigenvalue weighted by atomic mass is 10.1. The normalized spacial score (nSPS) is 10.8. The van der Waals surface area contributed by atoms with E-state index in [1.807, 2.05) is 36.4 Å². The minimum atomic E-state index is 0.243. The van der Waals surface area contributed by atoms with Crippen molar-refractivity contribution in [2.75, 3.05) is 0 Å². The number of fused-ring (bicyclic) bond motifs is 1. The largest absolute Gasteiger partial charge is 0.422 e. The molecule has 0 bridgehead atoms. The van der Waals surface area contributed by atoms with Crippen LogP contribution >= 0.6 is 23.2 Å². The number of rotatable bonds is 3. The van der Waals surface area contributed by atoms with Gasteiger partial charge in [0.25, 0.3) is 0 Å². The molecule has 0 spiro atoms. The maximum Gasteiger partial charge on any atom is 0.321 e. The van der Waals surface area contributed by atoms with Crippen molar-refractivity contribution in [3.8, 4) is 22.9 Å². The zero-order chi connectivity index (χ0) is 17.2. The van der Waals surface area contributed by atoms with Crippen molar-refractivity contribution in [2.45, 2.75) is 0 Å². The van der Waals surface area contributed by atoms with Gasteiger partial charge in [0.2, 0.25) is 0 Å². The van der Waals surface area contributed by atoms with E-state index in [1.54, 1.807) is 30.7 Å². The Hall–Kier alpha value is -2.69. The Balaban J connectivity index is 1.64. The molecule has 0 amide bonds. The van der Waals surface area contributed by atoms with E-state index in [4.69, 9.17) is 27.9 Å². The molecule has 2 aromatic heterocycles. The van der Waals surface area contributed by atoms with Gasteiger partial charge in [0.15, 0.2) is 5.75 Å². The lowest BCUT2D eigenvalue weighted by Gasteiger charge is -2.08. The van der Waals surface area contributed by atoms with Gasteiger partial charge < -0.3 is 4.74 Å². The fourth-order valence-electron chi connectivity index (χ4n) is 2.45. The highest BCUT2D eigenvalue weighted by Crippen LogP contribution is 2.31. The Morgan fingerprint density at radius 3 is 2.28 bits per heavy atom. The lowest BCUT2D eigenvalue weighted by molar-refractivity contribution is 0.446. The van der Waals surface area contributed by atoms with Crippen LogP contribution in [0.1, 0.15) is 0 Å². The summed E-state index contributed by atoms with van der Waals surface area (Å²) in [5.74, 6) is 0.555. The average molecular weight is 368 g/mol. The van der Waals surface area contributed by atoms with Crippen molar-refractivity contribution in [2.24, 2.45) is 0 Å². The highest BCUT2D eigenvalue weighted by molar-refractivity contribution is 6.35. The Bertz CT molecular complexity index is 1030.